The van der Waals surface area contributed by atoms with Crippen LogP contribution in [0.2, 0.25) is 5.02 Å². The summed E-state index contributed by atoms with van der Waals surface area (Å²) in [4.78, 5) is 8.41. The van der Waals surface area contributed by atoms with E-state index >= 15 is 0 Å². The van der Waals surface area contributed by atoms with E-state index in [2.05, 4.69) is 20.2 Å². The number of benzene rings is 1. The van der Waals surface area contributed by atoms with Crippen LogP contribution in [-0.4, -0.2) is 20.2 Å². The number of halogens is 1. The number of hydrogen-bond acceptors (Lipinski definition) is 4. The van der Waals surface area contributed by atoms with E-state index < -0.39 is 0 Å². The molecule has 21 heavy (non-hydrogen) atoms. The summed E-state index contributed by atoms with van der Waals surface area (Å²) in [6.07, 6.45) is 3.42. The van der Waals surface area contributed by atoms with Crippen LogP contribution >= 0.6 is 11.6 Å². The molecule has 0 saturated carbocycles. The number of nitrogens with zero attached hydrogens (tertiary/aromatic N) is 3. The number of pyridine rings is 1. The van der Waals surface area contributed by atoms with Crippen LogP contribution in [0, 0.1) is 6.92 Å². The van der Waals surface area contributed by atoms with Crippen molar-refractivity contribution in [2.75, 3.05) is 0 Å². The number of ether oxygens (including phenoxy) is 1. The molecule has 2 heterocycles. The molecule has 0 aliphatic carbocycles. The number of aryl methyl sites for hydroxylation is 1. The Hall–Kier alpha value is -2.40. The molecule has 5 nitrogen and oxygen atoms in total. The molecular weight excluding hydrogens is 288 g/mol. The quantitative estimate of drug-likeness (QED) is 0.802. The minimum Gasteiger partial charge on any atom is -0.484 e. The van der Waals surface area contributed by atoms with Crippen molar-refractivity contribution >= 4 is 11.6 Å². The van der Waals surface area contributed by atoms with Crippen LogP contribution in [0.15, 0.2) is 42.7 Å². The van der Waals surface area contributed by atoms with Crippen molar-refractivity contribution in [3.05, 3.63) is 59.1 Å². The molecule has 1 aromatic carbocycles. The minimum atomic E-state index is 0.274. The van der Waals surface area contributed by atoms with Crippen LogP contribution in [-0.2, 0) is 6.61 Å². The predicted molar refractivity (Wildman–Crippen MR) is 80.1 cm³/mol. The third kappa shape index (κ3) is 3.20. The van der Waals surface area contributed by atoms with Crippen molar-refractivity contribution in [1.29, 1.82) is 0 Å². The largest absolute Gasteiger partial charge is 0.484 e. The Morgan fingerprint density at radius 1 is 1.29 bits per heavy atom. The van der Waals surface area contributed by atoms with Gasteiger partial charge in [0.1, 0.15) is 12.4 Å². The lowest BCUT2D eigenvalue weighted by Crippen LogP contribution is -1.98. The summed E-state index contributed by atoms with van der Waals surface area (Å²) in [6.45, 7) is 2.25. The fraction of sp³-hybridized carbons (Fsp3) is 0.133. The van der Waals surface area contributed by atoms with E-state index in [1.807, 2.05) is 37.3 Å². The van der Waals surface area contributed by atoms with Gasteiger partial charge in [0.25, 0.3) is 0 Å². The zero-order valence-corrected chi connectivity index (χ0v) is 12.1. The summed E-state index contributed by atoms with van der Waals surface area (Å²) in [6, 6.07) is 9.39. The molecular formula is C15H13ClN4O. The first-order valence-corrected chi connectivity index (χ1v) is 6.81. The Kier molecular flexibility index (Phi) is 3.83. The molecule has 0 aliphatic heterocycles. The maximum atomic E-state index is 6.12. The van der Waals surface area contributed by atoms with E-state index in [0.29, 0.717) is 22.4 Å². The van der Waals surface area contributed by atoms with Gasteiger partial charge in [-0.1, -0.05) is 17.7 Å². The monoisotopic (exact) mass is 300 g/mol. The number of nitrogens with one attached hydrogen (secondary N) is 1. The van der Waals surface area contributed by atoms with Crippen LogP contribution in [0.4, 0.5) is 0 Å². The second-order valence-electron chi connectivity index (χ2n) is 4.57. The van der Waals surface area contributed by atoms with Gasteiger partial charge in [-0.3, -0.25) is 10.1 Å². The third-order valence-corrected chi connectivity index (χ3v) is 3.20. The van der Waals surface area contributed by atoms with Gasteiger partial charge < -0.3 is 4.74 Å². The molecule has 0 spiro atoms. The zero-order valence-electron chi connectivity index (χ0n) is 11.4. The Labute approximate surface area is 127 Å². The van der Waals surface area contributed by atoms with Gasteiger partial charge in [0.15, 0.2) is 11.6 Å². The highest BCUT2D eigenvalue weighted by Gasteiger charge is 2.07. The van der Waals surface area contributed by atoms with E-state index in [1.165, 1.54) is 0 Å². The van der Waals surface area contributed by atoms with Crippen molar-refractivity contribution in [2.45, 2.75) is 13.5 Å². The van der Waals surface area contributed by atoms with E-state index in [9.17, 15) is 0 Å². The second-order valence-corrected chi connectivity index (χ2v) is 4.98. The molecule has 1 N–H and O–H groups in total. The number of aromatic nitrogens is 4. The lowest BCUT2D eigenvalue weighted by atomic mass is 10.2. The van der Waals surface area contributed by atoms with E-state index in [0.717, 1.165) is 11.1 Å². The minimum absolute atomic E-state index is 0.274. The SMILES string of the molecule is Cc1ccc(OCc2nc(-c3cccnc3)n[nH]2)c(Cl)c1. The standard InChI is InChI=1S/C15H13ClN4O/c1-10-4-5-13(12(16)7-10)21-9-14-18-15(20-19-14)11-3-2-6-17-8-11/h2-8H,9H2,1H3,(H,18,19,20). The van der Waals surface area contributed by atoms with Crippen LogP contribution in [0.1, 0.15) is 11.4 Å². The molecule has 0 saturated heterocycles. The van der Waals surface area contributed by atoms with Crippen molar-refractivity contribution < 1.29 is 4.74 Å². The first-order chi connectivity index (χ1) is 10.2. The van der Waals surface area contributed by atoms with Gasteiger partial charge in [-0.2, -0.15) is 5.10 Å². The summed E-state index contributed by atoms with van der Waals surface area (Å²) in [7, 11) is 0. The molecule has 0 radical (unpaired) electrons. The molecule has 3 rings (SSSR count). The molecule has 0 amide bonds. The summed E-state index contributed by atoms with van der Waals surface area (Å²) in [5, 5.41) is 7.58. The predicted octanol–water partition coefficient (Wildman–Crippen LogP) is 3.41. The molecule has 6 heteroatoms. The van der Waals surface area contributed by atoms with Gasteiger partial charge in [-0.25, -0.2) is 4.98 Å². The number of rotatable bonds is 4. The van der Waals surface area contributed by atoms with Crippen molar-refractivity contribution in [1.82, 2.24) is 20.2 Å². The Morgan fingerprint density at radius 3 is 2.95 bits per heavy atom. The summed E-state index contributed by atoms with van der Waals surface area (Å²) in [5.74, 6) is 1.85. The van der Waals surface area contributed by atoms with Crippen molar-refractivity contribution in [3.8, 4) is 17.1 Å². The van der Waals surface area contributed by atoms with Gasteiger partial charge in [-0.05, 0) is 36.8 Å². The lowest BCUT2D eigenvalue weighted by molar-refractivity contribution is 0.296. The van der Waals surface area contributed by atoms with Gasteiger partial charge in [0.2, 0.25) is 0 Å². The molecule has 0 bridgehead atoms. The smallest absolute Gasteiger partial charge is 0.182 e. The highest BCUT2D eigenvalue weighted by atomic mass is 35.5. The molecule has 0 fully saturated rings. The molecule has 0 atom stereocenters. The topological polar surface area (TPSA) is 63.7 Å². The highest BCUT2D eigenvalue weighted by Crippen LogP contribution is 2.25. The fourth-order valence-corrected chi connectivity index (χ4v) is 2.14. The molecule has 0 unspecified atom stereocenters. The average molecular weight is 301 g/mol. The van der Waals surface area contributed by atoms with Crippen LogP contribution in [0.5, 0.6) is 5.75 Å². The average Bonchev–Trinajstić information content (AvgIpc) is 2.96. The van der Waals surface area contributed by atoms with E-state index in [-0.39, 0.29) is 6.61 Å². The first kappa shape index (κ1) is 13.6. The number of aromatic amines is 1. The van der Waals surface area contributed by atoms with Crippen LogP contribution in [0.3, 0.4) is 0 Å². The number of H-pyrrole nitrogens is 1. The van der Waals surface area contributed by atoms with Crippen molar-refractivity contribution in [2.24, 2.45) is 0 Å². The Bertz CT molecular complexity index is 742. The van der Waals surface area contributed by atoms with Crippen molar-refractivity contribution in [3.63, 3.8) is 0 Å². The molecule has 106 valence electrons. The second kappa shape index (κ2) is 5.93. The molecule has 3 aromatic rings. The molecule has 2 aromatic heterocycles. The maximum absolute atomic E-state index is 6.12. The normalized spacial score (nSPS) is 10.6. The summed E-state index contributed by atoms with van der Waals surface area (Å²) >= 11 is 6.12. The van der Waals surface area contributed by atoms with Gasteiger partial charge in [0, 0.05) is 18.0 Å². The van der Waals surface area contributed by atoms with E-state index in [4.69, 9.17) is 16.3 Å². The molecule has 0 aliphatic rings. The zero-order chi connectivity index (χ0) is 14.7. The third-order valence-electron chi connectivity index (χ3n) is 2.90. The number of hydrogen-bond donors (Lipinski definition) is 1. The first-order valence-electron chi connectivity index (χ1n) is 6.43. The summed E-state index contributed by atoms with van der Waals surface area (Å²) < 4.78 is 5.65. The van der Waals surface area contributed by atoms with Gasteiger partial charge >= 0.3 is 0 Å². The van der Waals surface area contributed by atoms with Gasteiger partial charge in [-0.15, -0.1) is 0 Å². The van der Waals surface area contributed by atoms with Crippen LogP contribution in [0.25, 0.3) is 11.4 Å². The highest BCUT2D eigenvalue weighted by molar-refractivity contribution is 6.32. The van der Waals surface area contributed by atoms with E-state index in [1.54, 1.807) is 12.4 Å². The van der Waals surface area contributed by atoms with Crippen LogP contribution < -0.4 is 4.74 Å². The fourth-order valence-electron chi connectivity index (χ4n) is 1.85. The Balaban J connectivity index is 1.70. The Morgan fingerprint density at radius 2 is 2.19 bits per heavy atom. The summed E-state index contributed by atoms with van der Waals surface area (Å²) in [5.41, 5.74) is 1.94. The maximum Gasteiger partial charge on any atom is 0.182 e. The lowest BCUT2D eigenvalue weighted by Gasteiger charge is -2.06. The van der Waals surface area contributed by atoms with Gasteiger partial charge in [0.05, 0.1) is 5.02 Å².